The Hall–Kier alpha value is -2.56. The molecule has 0 saturated heterocycles. The molecule has 0 spiro atoms. The van der Waals surface area contributed by atoms with E-state index in [9.17, 15) is 4.79 Å². The van der Waals surface area contributed by atoms with Gasteiger partial charge in [-0.05, 0) is 57.0 Å². The van der Waals surface area contributed by atoms with Crippen molar-refractivity contribution in [2.75, 3.05) is 10.6 Å². The molecule has 0 fully saturated rings. The number of carbonyl (C=O) groups excluding carboxylic acids is 1. The molecule has 0 saturated carbocycles. The van der Waals surface area contributed by atoms with E-state index >= 15 is 0 Å². The highest BCUT2D eigenvalue weighted by Gasteiger charge is 2.05. The van der Waals surface area contributed by atoms with Crippen molar-refractivity contribution in [3.8, 4) is 0 Å². The van der Waals surface area contributed by atoms with Crippen molar-refractivity contribution in [1.82, 2.24) is 10.3 Å². The molecule has 2 aromatic rings. The maximum absolute atomic E-state index is 11.6. The van der Waals surface area contributed by atoms with Gasteiger partial charge in [0.15, 0.2) is 0 Å². The molecule has 5 nitrogen and oxygen atoms in total. The van der Waals surface area contributed by atoms with E-state index in [0.29, 0.717) is 5.82 Å². The molecule has 0 aliphatic carbocycles. The summed E-state index contributed by atoms with van der Waals surface area (Å²) in [6.45, 7) is 7.93. The molecule has 0 atom stereocenters. The van der Waals surface area contributed by atoms with Crippen molar-refractivity contribution < 1.29 is 4.79 Å². The van der Waals surface area contributed by atoms with E-state index in [2.05, 4.69) is 53.0 Å². The quantitative estimate of drug-likeness (QED) is 0.800. The molecule has 0 aliphatic rings. The van der Waals surface area contributed by atoms with E-state index in [-0.39, 0.29) is 12.1 Å². The summed E-state index contributed by atoms with van der Waals surface area (Å²) in [5.41, 5.74) is 4.30. The average molecular weight is 298 g/mol. The largest absolute Gasteiger partial charge is 0.354 e. The van der Waals surface area contributed by atoms with E-state index in [0.717, 1.165) is 11.4 Å². The first kappa shape index (κ1) is 15.8. The summed E-state index contributed by atoms with van der Waals surface area (Å²) in [5, 5.41) is 8.78. The Balaban J connectivity index is 2.03. The monoisotopic (exact) mass is 298 g/mol. The van der Waals surface area contributed by atoms with Crippen molar-refractivity contribution in [2.45, 2.75) is 33.7 Å². The molecule has 22 heavy (non-hydrogen) atoms. The number of aryl methyl sites for hydroxylation is 2. The molecule has 2 rings (SSSR count). The molecule has 3 N–H and O–H groups in total. The standard InChI is InChI=1S/C17H22N4O/c1-11(2)19-17(22)21-16-8-7-14(10-18-16)20-15-9-12(3)5-6-13(15)4/h5-11,20H,1-4H3,(H2,18,19,21,22). The third-order valence-electron chi connectivity index (χ3n) is 3.10. The van der Waals surface area contributed by atoms with Crippen LogP contribution in [-0.4, -0.2) is 17.1 Å². The van der Waals surface area contributed by atoms with Gasteiger partial charge in [-0.1, -0.05) is 12.1 Å². The molecule has 0 aliphatic heterocycles. The zero-order chi connectivity index (χ0) is 16.1. The fraction of sp³-hybridized carbons (Fsp3) is 0.294. The first-order valence-corrected chi connectivity index (χ1v) is 7.32. The molecule has 1 aromatic carbocycles. The Morgan fingerprint density at radius 3 is 2.55 bits per heavy atom. The summed E-state index contributed by atoms with van der Waals surface area (Å²) >= 11 is 0. The summed E-state index contributed by atoms with van der Waals surface area (Å²) in [6.07, 6.45) is 1.70. The van der Waals surface area contributed by atoms with Crippen molar-refractivity contribution in [3.63, 3.8) is 0 Å². The second-order valence-corrected chi connectivity index (χ2v) is 5.63. The predicted molar refractivity (Wildman–Crippen MR) is 90.7 cm³/mol. The van der Waals surface area contributed by atoms with Crippen molar-refractivity contribution in [3.05, 3.63) is 47.7 Å². The topological polar surface area (TPSA) is 66.0 Å². The van der Waals surface area contributed by atoms with Gasteiger partial charge >= 0.3 is 6.03 Å². The fourth-order valence-electron chi connectivity index (χ4n) is 1.98. The van der Waals surface area contributed by atoms with Gasteiger partial charge in [0.05, 0.1) is 11.9 Å². The maximum Gasteiger partial charge on any atom is 0.320 e. The van der Waals surface area contributed by atoms with Crippen LogP contribution in [0, 0.1) is 13.8 Å². The van der Waals surface area contributed by atoms with E-state index in [1.807, 2.05) is 19.9 Å². The lowest BCUT2D eigenvalue weighted by Gasteiger charge is -2.12. The van der Waals surface area contributed by atoms with Gasteiger partial charge in [-0.3, -0.25) is 5.32 Å². The van der Waals surface area contributed by atoms with Gasteiger partial charge in [-0.15, -0.1) is 0 Å². The number of hydrogen-bond donors (Lipinski definition) is 3. The van der Waals surface area contributed by atoms with Crippen molar-refractivity contribution in [2.24, 2.45) is 0 Å². The molecule has 116 valence electrons. The Labute approximate surface area is 131 Å². The van der Waals surface area contributed by atoms with Crippen molar-refractivity contribution in [1.29, 1.82) is 0 Å². The van der Waals surface area contributed by atoms with Crippen LogP contribution in [0.4, 0.5) is 22.0 Å². The van der Waals surface area contributed by atoms with E-state index in [1.165, 1.54) is 11.1 Å². The van der Waals surface area contributed by atoms with Crippen molar-refractivity contribution >= 4 is 23.2 Å². The summed E-state index contributed by atoms with van der Waals surface area (Å²) in [5.74, 6) is 0.518. The van der Waals surface area contributed by atoms with Crippen LogP contribution in [0.25, 0.3) is 0 Å². The smallest absolute Gasteiger partial charge is 0.320 e. The average Bonchev–Trinajstić information content (AvgIpc) is 2.44. The molecule has 0 unspecified atom stereocenters. The lowest BCUT2D eigenvalue weighted by molar-refractivity contribution is 0.250. The third-order valence-corrected chi connectivity index (χ3v) is 3.10. The minimum absolute atomic E-state index is 0.0882. The first-order chi connectivity index (χ1) is 10.4. The van der Waals surface area contributed by atoms with Gasteiger partial charge in [0.25, 0.3) is 0 Å². The zero-order valence-electron chi connectivity index (χ0n) is 13.4. The number of anilines is 3. The number of benzene rings is 1. The number of aromatic nitrogens is 1. The SMILES string of the molecule is Cc1ccc(C)c(Nc2ccc(NC(=O)NC(C)C)nc2)c1. The van der Waals surface area contributed by atoms with Crippen LogP contribution in [-0.2, 0) is 0 Å². The molecule has 5 heteroatoms. The predicted octanol–water partition coefficient (Wildman–Crippen LogP) is 3.97. The number of urea groups is 1. The van der Waals surface area contributed by atoms with Crippen LogP contribution < -0.4 is 16.0 Å². The molecular weight excluding hydrogens is 276 g/mol. The summed E-state index contributed by atoms with van der Waals surface area (Å²) < 4.78 is 0. The number of carbonyl (C=O) groups is 1. The summed E-state index contributed by atoms with van der Waals surface area (Å²) in [4.78, 5) is 15.8. The molecular formula is C17H22N4O. The zero-order valence-corrected chi connectivity index (χ0v) is 13.4. The highest BCUT2D eigenvalue weighted by Crippen LogP contribution is 2.21. The summed E-state index contributed by atoms with van der Waals surface area (Å²) in [6, 6.07) is 9.75. The van der Waals surface area contributed by atoms with Gasteiger partial charge in [0, 0.05) is 11.7 Å². The number of nitrogens with zero attached hydrogens (tertiary/aromatic N) is 1. The maximum atomic E-state index is 11.6. The van der Waals surface area contributed by atoms with E-state index in [4.69, 9.17) is 0 Å². The van der Waals surface area contributed by atoms with Crippen LogP contribution in [0.1, 0.15) is 25.0 Å². The lowest BCUT2D eigenvalue weighted by Crippen LogP contribution is -2.34. The van der Waals surface area contributed by atoms with Gasteiger partial charge < -0.3 is 10.6 Å². The highest BCUT2D eigenvalue weighted by molar-refractivity contribution is 5.88. The van der Waals surface area contributed by atoms with Gasteiger partial charge in [-0.2, -0.15) is 0 Å². The fourth-order valence-corrected chi connectivity index (χ4v) is 1.98. The van der Waals surface area contributed by atoms with E-state index in [1.54, 1.807) is 12.3 Å². The molecule has 1 heterocycles. The Morgan fingerprint density at radius 2 is 1.91 bits per heavy atom. The second kappa shape index (κ2) is 6.93. The Bertz CT molecular complexity index is 650. The van der Waals surface area contributed by atoms with E-state index < -0.39 is 0 Å². The minimum Gasteiger partial charge on any atom is -0.354 e. The Morgan fingerprint density at radius 1 is 1.14 bits per heavy atom. The lowest BCUT2D eigenvalue weighted by atomic mass is 10.1. The summed E-state index contributed by atoms with van der Waals surface area (Å²) in [7, 11) is 0. The molecule has 0 radical (unpaired) electrons. The molecule has 2 amide bonds. The van der Waals surface area contributed by atoms with Crippen LogP contribution in [0.3, 0.4) is 0 Å². The number of hydrogen-bond acceptors (Lipinski definition) is 3. The number of nitrogens with one attached hydrogen (secondary N) is 3. The number of rotatable bonds is 4. The minimum atomic E-state index is -0.252. The molecule has 1 aromatic heterocycles. The number of pyridine rings is 1. The first-order valence-electron chi connectivity index (χ1n) is 7.32. The van der Waals surface area contributed by atoms with Gasteiger partial charge in [0.2, 0.25) is 0 Å². The van der Waals surface area contributed by atoms with Crippen LogP contribution >= 0.6 is 0 Å². The third kappa shape index (κ3) is 4.48. The number of amides is 2. The van der Waals surface area contributed by atoms with Crippen LogP contribution in [0.15, 0.2) is 36.5 Å². The Kier molecular flexibility index (Phi) is 4.99. The normalized spacial score (nSPS) is 10.4. The second-order valence-electron chi connectivity index (χ2n) is 5.63. The van der Waals surface area contributed by atoms with Crippen LogP contribution in [0.2, 0.25) is 0 Å². The molecule has 0 bridgehead atoms. The van der Waals surface area contributed by atoms with Crippen LogP contribution in [0.5, 0.6) is 0 Å². The van der Waals surface area contributed by atoms with Gasteiger partial charge in [0.1, 0.15) is 5.82 Å². The highest BCUT2D eigenvalue weighted by atomic mass is 16.2. The van der Waals surface area contributed by atoms with Gasteiger partial charge in [-0.25, -0.2) is 9.78 Å².